The topological polar surface area (TPSA) is 67.2 Å². The summed E-state index contributed by atoms with van der Waals surface area (Å²) in [6.45, 7) is 6.00. The van der Waals surface area contributed by atoms with Crippen LogP contribution in [0.2, 0.25) is 0 Å². The molecule has 154 valence electrons. The first kappa shape index (κ1) is 19.7. The van der Waals surface area contributed by atoms with E-state index in [0.29, 0.717) is 25.9 Å². The first-order chi connectivity index (χ1) is 14.0. The summed E-state index contributed by atoms with van der Waals surface area (Å²) in [5.41, 5.74) is 3.34. The Labute approximate surface area is 172 Å². The minimum atomic E-state index is -0.458. The molecule has 2 amide bonds. The first-order valence-corrected chi connectivity index (χ1v) is 10.7. The van der Waals surface area contributed by atoms with Crippen molar-refractivity contribution < 1.29 is 9.59 Å². The van der Waals surface area contributed by atoms with Crippen LogP contribution in [-0.2, 0) is 42.1 Å². The quantitative estimate of drug-likeness (QED) is 0.848. The second-order valence-electron chi connectivity index (χ2n) is 8.60. The van der Waals surface area contributed by atoms with Crippen molar-refractivity contribution in [2.75, 3.05) is 0 Å². The minimum absolute atomic E-state index is 0.0522. The lowest BCUT2D eigenvalue weighted by molar-refractivity contribution is -0.142. The third kappa shape index (κ3) is 4.21. The number of hydrogen-bond donors (Lipinski definition) is 1. The van der Waals surface area contributed by atoms with Crippen LogP contribution in [0.25, 0.3) is 0 Å². The summed E-state index contributed by atoms with van der Waals surface area (Å²) in [5, 5.41) is 3.08. The third-order valence-corrected chi connectivity index (χ3v) is 5.95. The van der Waals surface area contributed by atoms with Crippen molar-refractivity contribution in [3.63, 3.8) is 0 Å². The molecule has 3 heterocycles. The van der Waals surface area contributed by atoms with E-state index in [4.69, 9.17) is 0 Å². The molecular weight excluding hydrogens is 364 g/mol. The number of nitrogens with one attached hydrogen (secondary N) is 1. The van der Waals surface area contributed by atoms with Gasteiger partial charge in [0.2, 0.25) is 11.8 Å². The number of hydrogen-bond acceptors (Lipinski definition) is 3. The van der Waals surface area contributed by atoms with Crippen molar-refractivity contribution in [3.05, 3.63) is 53.1 Å². The summed E-state index contributed by atoms with van der Waals surface area (Å²) in [6, 6.07) is 7.65. The molecule has 1 unspecified atom stereocenters. The van der Waals surface area contributed by atoms with E-state index in [2.05, 4.69) is 27.0 Å². The first-order valence-electron chi connectivity index (χ1n) is 10.7. The maximum Gasteiger partial charge on any atom is 0.243 e. The maximum absolute atomic E-state index is 13.1. The van der Waals surface area contributed by atoms with E-state index in [-0.39, 0.29) is 17.7 Å². The molecule has 6 nitrogen and oxygen atoms in total. The Hall–Kier alpha value is -2.63. The van der Waals surface area contributed by atoms with Gasteiger partial charge in [-0.2, -0.15) is 0 Å². The van der Waals surface area contributed by atoms with E-state index in [1.54, 1.807) is 4.90 Å². The van der Waals surface area contributed by atoms with Crippen LogP contribution in [0.15, 0.2) is 30.5 Å². The number of carbonyl (C=O) groups is 2. The second-order valence-corrected chi connectivity index (χ2v) is 8.60. The van der Waals surface area contributed by atoms with Gasteiger partial charge in [0.25, 0.3) is 0 Å². The molecule has 1 atom stereocenters. The van der Waals surface area contributed by atoms with Crippen molar-refractivity contribution in [1.82, 2.24) is 19.8 Å². The smallest absolute Gasteiger partial charge is 0.243 e. The fraction of sp³-hybridized carbons (Fsp3) is 0.522. The summed E-state index contributed by atoms with van der Waals surface area (Å²) >= 11 is 0. The van der Waals surface area contributed by atoms with Gasteiger partial charge in [-0.05, 0) is 29.9 Å². The minimum Gasteiger partial charge on any atom is -0.349 e. The largest absolute Gasteiger partial charge is 0.349 e. The van der Waals surface area contributed by atoms with Gasteiger partial charge >= 0.3 is 0 Å². The van der Waals surface area contributed by atoms with Crippen molar-refractivity contribution in [1.29, 1.82) is 0 Å². The monoisotopic (exact) mass is 394 g/mol. The standard InChI is InChI=1S/C23H30N4O2/c1-16(2)11-22(28)27-15-18-8-4-3-7-17(18)12-20(27)23(29)25-14-19-13-24-21-9-5-6-10-26(19)21/h3-4,7-8,13,16,20H,5-6,9-12,14-15H2,1-2H3,(H,25,29). The van der Waals surface area contributed by atoms with Crippen LogP contribution in [0, 0.1) is 5.92 Å². The van der Waals surface area contributed by atoms with Crippen LogP contribution in [0.4, 0.5) is 0 Å². The fourth-order valence-corrected chi connectivity index (χ4v) is 4.40. The van der Waals surface area contributed by atoms with Gasteiger partial charge in [-0.3, -0.25) is 9.59 Å². The fourth-order valence-electron chi connectivity index (χ4n) is 4.40. The van der Waals surface area contributed by atoms with Crippen molar-refractivity contribution in [2.45, 2.75) is 71.6 Å². The summed E-state index contributed by atoms with van der Waals surface area (Å²) in [4.78, 5) is 32.3. The van der Waals surface area contributed by atoms with Crippen LogP contribution >= 0.6 is 0 Å². The van der Waals surface area contributed by atoms with Crippen LogP contribution in [0.3, 0.4) is 0 Å². The highest BCUT2D eigenvalue weighted by atomic mass is 16.2. The molecule has 0 radical (unpaired) electrons. The van der Waals surface area contributed by atoms with E-state index in [0.717, 1.165) is 42.0 Å². The van der Waals surface area contributed by atoms with E-state index in [1.807, 2.05) is 32.2 Å². The summed E-state index contributed by atoms with van der Waals surface area (Å²) in [7, 11) is 0. The molecule has 1 aromatic heterocycles. The molecule has 0 saturated carbocycles. The molecule has 0 aliphatic carbocycles. The number of nitrogens with zero attached hydrogens (tertiary/aromatic N) is 3. The van der Waals surface area contributed by atoms with E-state index in [9.17, 15) is 9.59 Å². The highest BCUT2D eigenvalue weighted by Crippen LogP contribution is 2.25. The van der Waals surface area contributed by atoms with Gasteiger partial charge in [-0.15, -0.1) is 0 Å². The number of carbonyl (C=O) groups excluding carboxylic acids is 2. The van der Waals surface area contributed by atoms with Gasteiger partial charge < -0.3 is 14.8 Å². The van der Waals surface area contributed by atoms with E-state index in [1.165, 1.54) is 6.42 Å². The zero-order valence-corrected chi connectivity index (χ0v) is 17.4. The van der Waals surface area contributed by atoms with Crippen molar-refractivity contribution in [2.24, 2.45) is 5.92 Å². The van der Waals surface area contributed by atoms with Gasteiger partial charge in [0.1, 0.15) is 11.9 Å². The SMILES string of the molecule is CC(C)CC(=O)N1Cc2ccccc2CC1C(=O)NCc1cnc2n1CCCC2. The van der Waals surface area contributed by atoms with Crippen LogP contribution in [0.1, 0.15) is 55.8 Å². The molecule has 2 aliphatic rings. The molecule has 2 aliphatic heterocycles. The maximum atomic E-state index is 13.1. The van der Waals surface area contributed by atoms with Gasteiger partial charge in [0.05, 0.1) is 18.4 Å². The molecule has 0 bridgehead atoms. The molecule has 0 saturated heterocycles. The average Bonchev–Trinajstić information content (AvgIpc) is 3.13. The zero-order chi connectivity index (χ0) is 20.4. The predicted octanol–water partition coefficient (Wildman–Crippen LogP) is 2.84. The number of aromatic nitrogens is 2. The van der Waals surface area contributed by atoms with Crippen LogP contribution < -0.4 is 5.32 Å². The van der Waals surface area contributed by atoms with E-state index >= 15 is 0 Å². The number of aryl methyl sites for hydroxylation is 1. The molecular formula is C23H30N4O2. The number of rotatable bonds is 5. The highest BCUT2D eigenvalue weighted by Gasteiger charge is 2.34. The van der Waals surface area contributed by atoms with Gasteiger partial charge in [0, 0.05) is 32.4 Å². The highest BCUT2D eigenvalue weighted by molar-refractivity contribution is 5.88. The lowest BCUT2D eigenvalue weighted by Gasteiger charge is -2.36. The molecule has 29 heavy (non-hydrogen) atoms. The number of amides is 2. The number of benzene rings is 1. The van der Waals surface area contributed by atoms with Gasteiger partial charge in [-0.25, -0.2) is 4.98 Å². The van der Waals surface area contributed by atoms with Crippen LogP contribution in [-0.4, -0.2) is 32.3 Å². The summed E-state index contributed by atoms with van der Waals surface area (Å²) in [6.07, 6.45) is 6.24. The molecule has 0 spiro atoms. The lowest BCUT2D eigenvalue weighted by atomic mass is 9.92. The Balaban J connectivity index is 1.50. The molecule has 6 heteroatoms. The molecule has 2 aromatic rings. The van der Waals surface area contributed by atoms with Crippen LogP contribution in [0.5, 0.6) is 0 Å². The normalized spacial score (nSPS) is 18.3. The lowest BCUT2D eigenvalue weighted by Crippen LogP contribution is -2.52. The Kier molecular flexibility index (Phi) is 5.69. The van der Waals surface area contributed by atoms with Crippen molar-refractivity contribution >= 4 is 11.8 Å². The molecule has 1 N–H and O–H groups in total. The second kappa shape index (κ2) is 8.39. The molecule has 0 fully saturated rings. The summed E-state index contributed by atoms with van der Waals surface area (Å²) in [5.74, 6) is 1.35. The molecule has 1 aromatic carbocycles. The van der Waals surface area contributed by atoms with Crippen molar-refractivity contribution in [3.8, 4) is 0 Å². The van der Waals surface area contributed by atoms with E-state index < -0.39 is 6.04 Å². The van der Waals surface area contributed by atoms with Gasteiger partial charge in [0.15, 0.2) is 0 Å². The Morgan fingerprint density at radius 2 is 2.00 bits per heavy atom. The van der Waals surface area contributed by atoms with Gasteiger partial charge in [-0.1, -0.05) is 38.1 Å². The zero-order valence-electron chi connectivity index (χ0n) is 17.4. The summed E-state index contributed by atoms with van der Waals surface area (Å²) < 4.78 is 2.22. The third-order valence-electron chi connectivity index (χ3n) is 5.95. The Morgan fingerprint density at radius 3 is 2.79 bits per heavy atom. The number of imidazole rings is 1. The average molecular weight is 395 g/mol. The Morgan fingerprint density at radius 1 is 1.21 bits per heavy atom. The number of fused-ring (bicyclic) bond motifs is 2. The Bertz CT molecular complexity index is 902. The molecule has 4 rings (SSSR count). The predicted molar refractivity (Wildman–Crippen MR) is 111 cm³/mol.